The maximum atomic E-state index is 13.5. The molecule has 0 aromatic heterocycles. The van der Waals surface area contributed by atoms with E-state index in [1.54, 1.807) is 53.7 Å². The molecule has 0 spiro atoms. The van der Waals surface area contributed by atoms with Gasteiger partial charge in [0.1, 0.15) is 17.3 Å². The Hall–Kier alpha value is -3.08. The lowest BCUT2D eigenvalue weighted by molar-refractivity contribution is -0.0185. The number of carbonyl (C=O) groups excluding carboxylic acids is 3. The molecule has 1 atom stereocenters. The number of rotatable bonds is 1. The topological polar surface area (TPSA) is 109 Å². The number of hydrogen-bond donors (Lipinski definition) is 1. The zero-order chi connectivity index (χ0) is 22.7. The summed E-state index contributed by atoms with van der Waals surface area (Å²) in [6.45, 7) is 9.95. The van der Waals surface area contributed by atoms with Crippen molar-refractivity contribution in [1.82, 2.24) is 10.4 Å². The van der Waals surface area contributed by atoms with Gasteiger partial charge in [-0.3, -0.25) is 4.79 Å². The fraction of sp³-hybridized carbons (Fsp3) is 0.545. The third-order valence-corrected chi connectivity index (χ3v) is 4.37. The summed E-state index contributed by atoms with van der Waals surface area (Å²) in [5.74, 6) is -0.569. The first-order valence-corrected chi connectivity index (χ1v) is 9.86. The standard InChI is InChI=1S/C22H29N3O5/c1-20(2,3)29-18(27)24-25(19(28)30-21(4,5)6)22(14-23)13-9-11-15-10-7-8-12-16(15)17(22)26/h7-8,10,12H,9,11,13H2,1-6H3,(H,24,27). The van der Waals surface area contributed by atoms with E-state index in [2.05, 4.69) is 5.43 Å². The number of amides is 2. The highest BCUT2D eigenvalue weighted by atomic mass is 16.6. The van der Waals surface area contributed by atoms with Gasteiger partial charge in [-0.1, -0.05) is 24.3 Å². The number of nitrogens with one attached hydrogen (secondary N) is 1. The Balaban J connectivity index is 2.53. The van der Waals surface area contributed by atoms with E-state index in [1.165, 1.54) is 0 Å². The van der Waals surface area contributed by atoms with Crippen molar-refractivity contribution < 1.29 is 23.9 Å². The quantitative estimate of drug-likeness (QED) is 0.545. The molecule has 0 saturated heterocycles. The van der Waals surface area contributed by atoms with Crippen LogP contribution in [-0.2, 0) is 15.9 Å². The number of hydrazine groups is 1. The number of fused-ring (bicyclic) bond motifs is 1. The Morgan fingerprint density at radius 1 is 1.10 bits per heavy atom. The summed E-state index contributed by atoms with van der Waals surface area (Å²) < 4.78 is 10.6. The van der Waals surface area contributed by atoms with E-state index in [9.17, 15) is 19.6 Å². The van der Waals surface area contributed by atoms with Crippen LogP contribution < -0.4 is 5.43 Å². The van der Waals surface area contributed by atoms with Gasteiger partial charge in [0.25, 0.3) is 0 Å². The summed E-state index contributed by atoms with van der Waals surface area (Å²) in [6, 6.07) is 8.94. The van der Waals surface area contributed by atoms with Crippen LogP contribution in [0.3, 0.4) is 0 Å². The Kier molecular flexibility index (Phi) is 6.45. The van der Waals surface area contributed by atoms with Crippen LogP contribution in [0, 0.1) is 11.3 Å². The highest BCUT2D eigenvalue weighted by Gasteiger charge is 2.51. The van der Waals surface area contributed by atoms with Gasteiger partial charge in [-0.25, -0.2) is 15.0 Å². The van der Waals surface area contributed by atoms with E-state index in [0.717, 1.165) is 5.56 Å². The normalized spacial score (nSPS) is 19.0. The van der Waals surface area contributed by atoms with Crippen molar-refractivity contribution in [3.63, 3.8) is 0 Å². The van der Waals surface area contributed by atoms with Crippen molar-refractivity contribution in [3.8, 4) is 6.07 Å². The molecule has 1 aromatic carbocycles. The second-order valence-corrected chi connectivity index (χ2v) is 9.24. The summed E-state index contributed by atoms with van der Waals surface area (Å²) in [5.41, 5.74) is -0.283. The lowest BCUT2D eigenvalue weighted by atomic mass is 9.87. The first kappa shape index (κ1) is 23.2. The largest absolute Gasteiger partial charge is 0.443 e. The summed E-state index contributed by atoms with van der Waals surface area (Å²) in [6.07, 6.45) is -0.909. The maximum absolute atomic E-state index is 13.5. The minimum absolute atomic E-state index is 0.0338. The van der Waals surface area contributed by atoms with Gasteiger partial charge in [0, 0.05) is 5.56 Å². The Bertz CT molecular complexity index is 876. The molecule has 0 fully saturated rings. The number of benzene rings is 1. The van der Waals surface area contributed by atoms with Gasteiger partial charge < -0.3 is 9.47 Å². The summed E-state index contributed by atoms with van der Waals surface area (Å²) >= 11 is 0. The average molecular weight is 415 g/mol. The van der Waals surface area contributed by atoms with E-state index in [-0.39, 0.29) is 6.42 Å². The number of aryl methyl sites for hydroxylation is 1. The second kappa shape index (κ2) is 8.34. The van der Waals surface area contributed by atoms with Crippen LogP contribution in [-0.4, -0.2) is 39.7 Å². The lowest BCUT2D eigenvalue weighted by Gasteiger charge is -2.37. The number of ether oxygens (including phenoxy) is 2. The minimum Gasteiger partial charge on any atom is -0.443 e. The molecule has 0 aliphatic heterocycles. The lowest BCUT2D eigenvalue weighted by Crippen LogP contribution is -2.64. The third-order valence-electron chi connectivity index (χ3n) is 4.37. The van der Waals surface area contributed by atoms with Gasteiger partial charge >= 0.3 is 12.2 Å². The molecule has 30 heavy (non-hydrogen) atoms. The molecule has 2 rings (SSSR count). The number of hydrogen-bond acceptors (Lipinski definition) is 6. The van der Waals surface area contributed by atoms with Crippen molar-refractivity contribution in [3.05, 3.63) is 35.4 Å². The summed E-state index contributed by atoms with van der Waals surface area (Å²) in [7, 11) is 0. The molecule has 0 heterocycles. The van der Waals surface area contributed by atoms with Crippen molar-refractivity contribution in [2.24, 2.45) is 0 Å². The zero-order valence-electron chi connectivity index (χ0n) is 18.4. The van der Waals surface area contributed by atoms with Crippen LogP contribution >= 0.6 is 0 Å². The molecule has 8 heteroatoms. The van der Waals surface area contributed by atoms with Crippen molar-refractivity contribution in [2.75, 3.05) is 0 Å². The zero-order valence-corrected chi connectivity index (χ0v) is 18.4. The summed E-state index contributed by atoms with van der Waals surface area (Å²) in [5, 5.41) is 10.8. The van der Waals surface area contributed by atoms with Crippen LogP contribution in [0.25, 0.3) is 0 Å². The van der Waals surface area contributed by atoms with Crippen molar-refractivity contribution in [2.45, 2.75) is 77.5 Å². The minimum atomic E-state index is -1.97. The number of nitriles is 1. The number of carbonyl (C=O) groups is 3. The van der Waals surface area contributed by atoms with Crippen LogP contribution in [0.4, 0.5) is 9.59 Å². The van der Waals surface area contributed by atoms with Gasteiger partial charge in [0.2, 0.25) is 11.3 Å². The number of Topliss-reactive ketones (excluding diaryl/α,β-unsaturated/α-hetero) is 1. The van der Waals surface area contributed by atoms with Crippen LogP contribution in [0.2, 0.25) is 0 Å². The second-order valence-electron chi connectivity index (χ2n) is 9.24. The van der Waals surface area contributed by atoms with Gasteiger partial charge in [0.05, 0.1) is 0 Å². The van der Waals surface area contributed by atoms with Crippen LogP contribution in [0.5, 0.6) is 0 Å². The van der Waals surface area contributed by atoms with Gasteiger partial charge in [0.15, 0.2) is 0 Å². The smallest absolute Gasteiger partial charge is 0.431 e. The SMILES string of the molecule is CC(C)(C)OC(=O)NN(C(=O)OC(C)(C)C)C1(C#N)CCCc2ccccc2C1=O. The highest BCUT2D eigenvalue weighted by molar-refractivity contribution is 6.08. The first-order valence-electron chi connectivity index (χ1n) is 9.86. The fourth-order valence-corrected chi connectivity index (χ4v) is 3.20. The molecular weight excluding hydrogens is 386 g/mol. The van der Waals surface area contributed by atoms with E-state index >= 15 is 0 Å². The van der Waals surface area contributed by atoms with Crippen LogP contribution in [0.1, 0.15) is 70.3 Å². The van der Waals surface area contributed by atoms with E-state index < -0.39 is 34.7 Å². The predicted octanol–water partition coefficient (Wildman–Crippen LogP) is 4.14. The molecule has 0 bridgehead atoms. The molecule has 8 nitrogen and oxygen atoms in total. The third kappa shape index (κ3) is 5.29. The van der Waals surface area contributed by atoms with E-state index in [4.69, 9.17) is 9.47 Å². The number of ketones is 1. The molecular formula is C22H29N3O5. The average Bonchev–Trinajstić information content (AvgIpc) is 2.74. The Morgan fingerprint density at radius 2 is 1.70 bits per heavy atom. The number of nitrogens with zero attached hydrogens (tertiary/aromatic N) is 2. The van der Waals surface area contributed by atoms with Crippen LogP contribution in [0.15, 0.2) is 24.3 Å². The molecule has 1 aliphatic carbocycles. The molecule has 1 N–H and O–H groups in total. The molecule has 0 saturated carbocycles. The molecule has 162 valence electrons. The Morgan fingerprint density at radius 3 is 2.27 bits per heavy atom. The summed E-state index contributed by atoms with van der Waals surface area (Å²) in [4.78, 5) is 39.0. The maximum Gasteiger partial charge on any atom is 0.431 e. The molecule has 2 amide bonds. The highest BCUT2D eigenvalue weighted by Crippen LogP contribution is 2.32. The van der Waals surface area contributed by atoms with Crippen molar-refractivity contribution >= 4 is 18.0 Å². The van der Waals surface area contributed by atoms with Gasteiger partial charge in [-0.05, 0) is 66.4 Å². The fourth-order valence-electron chi connectivity index (χ4n) is 3.20. The monoisotopic (exact) mass is 415 g/mol. The van der Waals surface area contributed by atoms with Gasteiger partial charge in [-0.2, -0.15) is 10.3 Å². The molecule has 1 aliphatic rings. The molecule has 1 unspecified atom stereocenters. The molecule has 0 radical (unpaired) electrons. The van der Waals surface area contributed by atoms with Crippen molar-refractivity contribution in [1.29, 1.82) is 5.26 Å². The van der Waals surface area contributed by atoms with E-state index in [1.807, 2.05) is 18.2 Å². The van der Waals surface area contributed by atoms with E-state index in [0.29, 0.717) is 23.4 Å². The Labute approximate surface area is 177 Å². The molecule has 1 aromatic rings. The predicted molar refractivity (Wildman–Crippen MR) is 109 cm³/mol. The van der Waals surface area contributed by atoms with Gasteiger partial charge in [-0.15, -0.1) is 0 Å². The first-order chi connectivity index (χ1) is 13.8.